The highest BCUT2D eigenvalue weighted by molar-refractivity contribution is 5.28. The Kier molecular flexibility index (Phi) is 4.99. The molecule has 2 nitrogen and oxygen atoms in total. The van der Waals surface area contributed by atoms with Gasteiger partial charge >= 0.3 is 0 Å². The molecule has 0 aliphatic heterocycles. The second-order valence-corrected chi connectivity index (χ2v) is 4.76. The van der Waals surface area contributed by atoms with E-state index in [4.69, 9.17) is 10.5 Å². The Labute approximate surface area is 115 Å². The van der Waals surface area contributed by atoms with Gasteiger partial charge in [-0.3, -0.25) is 0 Å². The molecule has 2 aromatic carbocycles. The molecule has 0 fully saturated rings. The van der Waals surface area contributed by atoms with Crippen molar-refractivity contribution in [1.29, 1.82) is 0 Å². The summed E-state index contributed by atoms with van der Waals surface area (Å²) < 4.78 is 6.10. The lowest BCUT2D eigenvalue weighted by molar-refractivity contribution is 0.192. The van der Waals surface area contributed by atoms with Crippen LogP contribution in [-0.2, 0) is 0 Å². The number of ether oxygens (including phenoxy) is 1. The van der Waals surface area contributed by atoms with Crippen molar-refractivity contribution in [3.05, 3.63) is 65.7 Å². The van der Waals surface area contributed by atoms with E-state index in [9.17, 15) is 0 Å². The molecule has 2 rings (SSSR count). The highest BCUT2D eigenvalue weighted by atomic mass is 16.5. The smallest absolute Gasteiger partial charge is 0.124 e. The molecule has 0 saturated heterocycles. The highest BCUT2D eigenvalue weighted by Gasteiger charge is 2.12. The van der Waals surface area contributed by atoms with Crippen LogP contribution < -0.4 is 10.5 Å². The molecule has 0 spiro atoms. The van der Waals surface area contributed by atoms with Crippen LogP contribution in [0, 0.1) is 6.92 Å². The van der Waals surface area contributed by atoms with Crippen LogP contribution in [0.5, 0.6) is 5.75 Å². The molecule has 2 heteroatoms. The van der Waals surface area contributed by atoms with E-state index in [-0.39, 0.29) is 6.10 Å². The Morgan fingerprint density at radius 3 is 2.32 bits per heavy atom. The topological polar surface area (TPSA) is 35.2 Å². The fraction of sp³-hybridized carbons (Fsp3) is 0.294. The Morgan fingerprint density at radius 2 is 1.68 bits per heavy atom. The van der Waals surface area contributed by atoms with Gasteiger partial charge in [-0.1, -0.05) is 48.0 Å². The minimum absolute atomic E-state index is 0.0763. The summed E-state index contributed by atoms with van der Waals surface area (Å²) in [4.78, 5) is 0. The average molecular weight is 255 g/mol. The Balaban J connectivity index is 2.11. The molecule has 0 aromatic heterocycles. The molecule has 2 N–H and O–H groups in total. The van der Waals surface area contributed by atoms with Crippen LogP contribution >= 0.6 is 0 Å². The molecule has 1 atom stereocenters. The maximum absolute atomic E-state index is 6.10. The Morgan fingerprint density at radius 1 is 1.00 bits per heavy atom. The zero-order chi connectivity index (χ0) is 13.5. The third-order valence-electron chi connectivity index (χ3n) is 3.14. The van der Waals surface area contributed by atoms with Gasteiger partial charge in [0.15, 0.2) is 0 Å². The summed E-state index contributed by atoms with van der Waals surface area (Å²) in [5, 5.41) is 0. The number of rotatable bonds is 6. The second-order valence-electron chi connectivity index (χ2n) is 4.76. The fourth-order valence-electron chi connectivity index (χ4n) is 2.05. The summed E-state index contributed by atoms with van der Waals surface area (Å²) in [6, 6.07) is 18.5. The summed E-state index contributed by atoms with van der Waals surface area (Å²) in [5.41, 5.74) is 8.06. The molecule has 0 saturated carbocycles. The SMILES string of the molecule is Cc1ccc(OC(CCCN)c2ccccc2)cc1. The van der Waals surface area contributed by atoms with E-state index in [0.717, 1.165) is 18.6 Å². The van der Waals surface area contributed by atoms with Crippen molar-refractivity contribution >= 4 is 0 Å². The normalized spacial score (nSPS) is 12.1. The van der Waals surface area contributed by atoms with Crippen LogP contribution in [0.25, 0.3) is 0 Å². The van der Waals surface area contributed by atoms with E-state index in [1.54, 1.807) is 0 Å². The molecule has 1 unspecified atom stereocenters. The molecule has 0 aliphatic carbocycles. The Hall–Kier alpha value is -1.80. The van der Waals surface area contributed by atoms with Crippen molar-refractivity contribution in [1.82, 2.24) is 0 Å². The Bertz CT molecular complexity index is 478. The maximum atomic E-state index is 6.10. The van der Waals surface area contributed by atoms with Crippen LogP contribution in [0.3, 0.4) is 0 Å². The monoisotopic (exact) mass is 255 g/mol. The summed E-state index contributed by atoms with van der Waals surface area (Å²) in [5.74, 6) is 0.913. The van der Waals surface area contributed by atoms with E-state index in [2.05, 4.69) is 31.2 Å². The van der Waals surface area contributed by atoms with Crippen molar-refractivity contribution in [2.45, 2.75) is 25.9 Å². The van der Waals surface area contributed by atoms with Crippen LogP contribution in [0.1, 0.15) is 30.1 Å². The van der Waals surface area contributed by atoms with Gasteiger partial charge in [0.2, 0.25) is 0 Å². The molecule has 0 amide bonds. The standard InChI is InChI=1S/C17H21NO/c1-14-9-11-16(12-10-14)19-17(8-5-13-18)15-6-3-2-4-7-15/h2-4,6-7,9-12,17H,5,8,13,18H2,1H3. The summed E-state index contributed by atoms with van der Waals surface area (Å²) in [6.45, 7) is 2.77. The molecule has 100 valence electrons. The second kappa shape index (κ2) is 6.95. The number of aryl methyl sites for hydroxylation is 1. The van der Waals surface area contributed by atoms with Crippen LogP contribution in [-0.4, -0.2) is 6.54 Å². The molecular formula is C17H21NO. The molecule has 0 bridgehead atoms. The molecular weight excluding hydrogens is 234 g/mol. The van der Waals surface area contributed by atoms with Gasteiger partial charge in [-0.25, -0.2) is 0 Å². The van der Waals surface area contributed by atoms with E-state index >= 15 is 0 Å². The first kappa shape index (κ1) is 13.6. The summed E-state index contributed by atoms with van der Waals surface area (Å²) >= 11 is 0. The van der Waals surface area contributed by atoms with Gasteiger partial charge in [0, 0.05) is 0 Å². The lowest BCUT2D eigenvalue weighted by atomic mass is 10.0. The first-order valence-corrected chi connectivity index (χ1v) is 6.78. The van der Waals surface area contributed by atoms with Gasteiger partial charge in [-0.2, -0.15) is 0 Å². The van der Waals surface area contributed by atoms with Crippen molar-refractivity contribution in [2.75, 3.05) is 6.54 Å². The van der Waals surface area contributed by atoms with Gasteiger partial charge < -0.3 is 10.5 Å². The third-order valence-corrected chi connectivity index (χ3v) is 3.14. The lowest BCUT2D eigenvalue weighted by Gasteiger charge is -2.19. The summed E-state index contributed by atoms with van der Waals surface area (Å²) in [6.07, 6.45) is 1.98. The van der Waals surface area contributed by atoms with Gasteiger partial charge in [0.05, 0.1) is 0 Å². The molecule has 0 aliphatic rings. The average Bonchev–Trinajstić information content (AvgIpc) is 2.46. The minimum Gasteiger partial charge on any atom is -0.486 e. The molecule has 19 heavy (non-hydrogen) atoms. The first-order chi connectivity index (χ1) is 9.29. The maximum Gasteiger partial charge on any atom is 0.124 e. The number of nitrogens with two attached hydrogens (primary N) is 1. The minimum atomic E-state index is 0.0763. The van der Waals surface area contributed by atoms with Gasteiger partial charge in [0.1, 0.15) is 11.9 Å². The zero-order valence-electron chi connectivity index (χ0n) is 11.4. The number of hydrogen-bond donors (Lipinski definition) is 1. The zero-order valence-corrected chi connectivity index (χ0v) is 11.4. The van der Waals surface area contributed by atoms with E-state index in [1.807, 2.05) is 30.3 Å². The van der Waals surface area contributed by atoms with Crippen molar-refractivity contribution in [2.24, 2.45) is 5.73 Å². The van der Waals surface area contributed by atoms with Gasteiger partial charge in [-0.05, 0) is 44.0 Å². The summed E-state index contributed by atoms with van der Waals surface area (Å²) in [7, 11) is 0. The number of hydrogen-bond acceptors (Lipinski definition) is 2. The van der Waals surface area contributed by atoms with Crippen molar-refractivity contribution in [3.8, 4) is 5.75 Å². The predicted octanol–water partition coefficient (Wildman–Crippen LogP) is 3.85. The molecule has 0 radical (unpaired) electrons. The van der Waals surface area contributed by atoms with Crippen molar-refractivity contribution in [3.63, 3.8) is 0 Å². The third kappa shape index (κ3) is 4.11. The lowest BCUT2D eigenvalue weighted by Crippen LogP contribution is -2.10. The van der Waals surface area contributed by atoms with Crippen molar-refractivity contribution < 1.29 is 4.74 Å². The predicted molar refractivity (Wildman–Crippen MR) is 79.3 cm³/mol. The largest absolute Gasteiger partial charge is 0.486 e. The van der Waals surface area contributed by atoms with Gasteiger partial charge in [-0.15, -0.1) is 0 Å². The first-order valence-electron chi connectivity index (χ1n) is 6.78. The van der Waals surface area contributed by atoms with E-state index in [1.165, 1.54) is 11.1 Å². The fourth-order valence-corrected chi connectivity index (χ4v) is 2.05. The van der Waals surface area contributed by atoms with Gasteiger partial charge in [0.25, 0.3) is 0 Å². The molecule has 2 aromatic rings. The van der Waals surface area contributed by atoms with Crippen LogP contribution in [0.2, 0.25) is 0 Å². The highest BCUT2D eigenvalue weighted by Crippen LogP contribution is 2.25. The van der Waals surface area contributed by atoms with E-state index in [0.29, 0.717) is 6.54 Å². The number of benzene rings is 2. The van der Waals surface area contributed by atoms with E-state index < -0.39 is 0 Å². The van der Waals surface area contributed by atoms with Crippen LogP contribution in [0.15, 0.2) is 54.6 Å². The molecule has 0 heterocycles. The quantitative estimate of drug-likeness (QED) is 0.850. The van der Waals surface area contributed by atoms with Crippen LogP contribution in [0.4, 0.5) is 0 Å².